The molecule has 164 valence electrons. The third-order valence-electron chi connectivity index (χ3n) is 5.38. The average molecular weight is 444 g/mol. The van der Waals surface area contributed by atoms with Crippen LogP contribution in [-0.4, -0.2) is 82.6 Å². The van der Waals surface area contributed by atoms with Gasteiger partial charge in [-0.25, -0.2) is 4.79 Å². The van der Waals surface area contributed by atoms with Crippen molar-refractivity contribution < 1.29 is 22.7 Å². The van der Waals surface area contributed by atoms with E-state index in [1.165, 1.54) is 0 Å². The van der Waals surface area contributed by atoms with Crippen LogP contribution in [0, 0.1) is 0 Å². The summed E-state index contributed by atoms with van der Waals surface area (Å²) in [5.41, 5.74) is 1.16. The van der Waals surface area contributed by atoms with E-state index in [2.05, 4.69) is 9.30 Å². The molecule has 2 aromatic rings. The van der Waals surface area contributed by atoms with Gasteiger partial charge in [0.25, 0.3) is 10.0 Å². The zero-order valence-electron chi connectivity index (χ0n) is 17.3. The number of fused-ring (bicyclic) bond motifs is 1. The van der Waals surface area contributed by atoms with Gasteiger partial charge in [0.05, 0.1) is 12.2 Å². The number of carbonyl (C=O) groups excluding carboxylic acids is 1. The van der Waals surface area contributed by atoms with Crippen molar-refractivity contribution in [3.63, 3.8) is 0 Å². The van der Waals surface area contributed by atoms with Crippen LogP contribution in [0.1, 0.15) is 15.9 Å². The minimum absolute atomic E-state index is 0.264. The SMILES string of the molecule is COC[C@@H](CN1CCN(C2=NS(=O)(=O)c3ccccc32)CC1)OC(=O)c1ccccc1. The van der Waals surface area contributed by atoms with Gasteiger partial charge in [0.1, 0.15) is 11.0 Å². The quantitative estimate of drug-likeness (QED) is 0.627. The molecule has 1 saturated heterocycles. The maximum absolute atomic E-state index is 12.4. The number of ether oxygens (including phenoxy) is 2. The lowest BCUT2D eigenvalue weighted by atomic mass is 10.1. The van der Waals surface area contributed by atoms with Gasteiger partial charge >= 0.3 is 5.97 Å². The molecule has 1 atom stereocenters. The second kappa shape index (κ2) is 9.17. The van der Waals surface area contributed by atoms with E-state index >= 15 is 0 Å². The molecule has 2 heterocycles. The molecule has 0 amide bonds. The number of carbonyl (C=O) groups is 1. The van der Waals surface area contributed by atoms with E-state index in [0.717, 1.165) is 0 Å². The molecule has 0 radical (unpaired) electrons. The number of methoxy groups -OCH3 is 1. The number of hydrogen-bond donors (Lipinski definition) is 0. The summed E-state index contributed by atoms with van der Waals surface area (Å²) in [7, 11) is -2.04. The summed E-state index contributed by atoms with van der Waals surface area (Å²) in [5.74, 6) is 0.141. The number of esters is 1. The molecular weight excluding hydrogens is 418 g/mol. The first-order chi connectivity index (χ1) is 15.0. The minimum atomic E-state index is -3.63. The van der Waals surface area contributed by atoms with Crippen LogP contribution in [-0.2, 0) is 19.5 Å². The molecule has 1 fully saturated rings. The number of hydrogen-bond acceptors (Lipinski definition) is 7. The van der Waals surface area contributed by atoms with Gasteiger partial charge in [-0.1, -0.05) is 30.3 Å². The summed E-state index contributed by atoms with van der Waals surface area (Å²) in [6, 6.07) is 15.8. The number of amidine groups is 1. The molecule has 2 aliphatic rings. The molecule has 0 unspecified atom stereocenters. The molecule has 2 aromatic carbocycles. The molecule has 0 saturated carbocycles. The Bertz CT molecular complexity index is 1060. The van der Waals surface area contributed by atoms with Gasteiger partial charge in [0.15, 0.2) is 5.84 Å². The average Bonchev–Trinajstić information content (AvgIpc) is 3.06. The number of rotatable bonds is 6. The molecule has 9 heteroatoms. The van der Waals surface area contributed by atoms with E-state index < -0.39 is 16.1 Å². The maximum atomic E-state index is 12.4. The Morgan fingerprint density at radius 3 is 2.42 bits per heavy atom. The van der Waals surface area contributed by atoms with Gasteiger partial charge in [-0.2, -0.15) is 8.42 Å². The van der Waals surface area contributed by atoms with Crippen LogP contribution in [0.3, 0.4) is 0 Å². The zero-order valence-corrected chi connectivity index (χ0v) is 18.1. The van der Waals surface area contributed by atoms with Crippen LogP contribution in [0.5, 0.6) is 0 Å². The fourth-order valence-electron chi connectivity index (χ4n) is 3.85. The Kier molecular flexibility index (Phi) is 6.35. The van der Waals surface area contributed by atoms with E-state index in [-0.39, 0.29) is 10.9 Å². The number of nitrogens with zero attached hydrogens (tertiary/aromatic N) is 3. The van der Waals surface area contributed by atoms with Crippen molar-refractivity contribution in [3.8, 4) is 0 Å². The second-order valence-corrected chi connectivity index (χ2v) is 9.09. The van der Waals surface area contributed by atoms with Gasteiger partial charge in [0.2, 0.25) is 0 Å². The standard InChI is InChI=1S/C22H25N3O5S/c1-29-16-18(30-22(26)17-7-3-2-4-8-17)15-24-11-13-25(14-12-24)21-19-9-5-6-10-20(19)31(27,28)23-21/h2-10,18H,11-16H2,1H3/t18-/m1/s1. The van der Waals surface area contributed by atoms with E-state index in [9.17, 15) is 13.2 Å². The summed E-state index contributed by atoms with van der Waals surface area (Å²) in [5, 5.41) is 0. The minimum Gasteiger partial charge on any atom is -0.455 e. The van der Waals surface area contributed by atoms with Gasteiger partial charge in [-0.15, -0.1) is 4.40 Å². The molecule has 0 N–H and O–H groups in total. The van der Waals surface area contributed by atoms with Crippen molar-refractivity contribution in [3.05, 3.63) is 65.7 Å². The molecule has 0 spiro atoms. The molecule has 8 nitrogen and oxygen atoms in total. The number of benzene rings is 2. The van der Waals surface area contributed by atoms with Crippen molar-refractivity contribution in [2.45, 2.75) is 11.0 Å². The first-order valence-corrected chi connectivity index (χ1v) is 11.6. The maximum Gasteiger partial charge on any atom is 0.338 e. The highest BCUT2D eigenvalue weighted by Gasteiger charge is 2.33. The van der Waals surface area contributed by atoms with E-state index in [0.29, 0.717) is 56.3 Å². The van der Waals surface area contributed by atoms with Crippen LogP contribution in [0.15, 0.2) is 63.9 Å². The van der Waals surface area contributed by atoms with Gasteiger partial charge < -0.3 is 14.4 Å². The third kappa shape index (κ3) is 4.79. The Labute approximate surface area is 182 Å². The normalized spacial score (nSPS) is 18.9. The van der Waals surface area contributed by atoms with Crippen molar-refractivity contribution >= 4 is 21.8 Å². The van der Waals surface area contributed by atoms with Crippen molar-refractivity contribution in [2.24, 2.45) is 4.40 Å². The fraction of sp³-hybridized carbons (Fsp3) is 0.364. The Morgan fingerprint density at radius 2 is 1.71 bits per heavy atom. The Morgan fingerprint density at radius 1 is 1.03 bits per heavy atom. The summed E-state index contributed by atoms with van der Waals surface area (Å²) in [6.07, 6.45) is -0.394. The first kappa shape index (κ1) is 21.5. The van der Waals surface area contributed by atoms with Gasteiger partial charge in [0, 0.05) is 45.4 Å². The summed E-state index contributed by atoms with van der Waals surface area (Å²) in [4.78, 5) is 16.9. The lowest BCUT2D eigenvalue weighted by Crippen LogP contribution is -2.51. The van der Waals surface area contributed by atoms with E-state index in [1.807, 2.05) is 17.0 Å². The largest absolute Gasteiger partial charge is 0.455 e. The molecule has 31 heavy (non-hydrogen) atoms. The van der Waals surface area contributed by atoms with Gasteiger partial charge in [-0.3, -0.25) is 4.90 Å². The molecule has 0 bridgehead atoms. The van der Waals surface area contributed by atoms with Crippen molar-refractivity contribution in [2.75, 3.05) is 46.4 Å². The summed E-state index contributed by atoms with van der Waals surface area (Å²) < 4.78 is 39.6. The lowest BCUT2D eigenvalue weighted by molar-refractivity contribution is -0.00971. The fourth-order valence-corrected chi connectivity index (χ4v) is 5.08. The molecule has 0 aliphatic carbocycles. The lowest BCUT2D eigenvalue weighted by Gasteiger charge is -2.37. The monoisotopic (exact) mass is 443 g/mol. The first-order valence-electron chi connectivity index (χ1n) is 10.1. The smallest absolute Gasteiger partial charge is 0.338 e. The van der Waals surface area contributed by atoms with Crippen molar-refractivity contribution in [1.82, 2.24) is 9.80 Å². The Balaban J connectivity index is 1.36. The van der Waals surface area contributed by atoms with Crippen LogP contribution in [0.4, 0.5) is 0 Å². The third-order valence-corrected chi connectivity index (χ3v) is 6.71. The van der Waals surface area contributed by atoms with Crippen LogP contribution >= 0.6 is 0 Å². The van der Waals surface area contributed by atoms with Gasteiger partial charge in [-0.05, 0) is 24.3 Å². The van der Waals surface area contributed by atoms with Crippen molar-refractivity contribution in [1.29, 1.82) is 0 Å². The van der Waals surface area contributed by atoms with Crippen LogP contribution < -0.4 is 0 Å². The predicted octanol–water partition coefficient (Wildman–Crippen LogP) is 1.63. The second-order valence-electron chi connectivity index (χ2n) is 7.52. The summed E-state index contributed by atoms with van der Waals surface area (Å²) >= 11 is 0. The van der Waals surface area contributed by atoms with E-state index in [1.54, 1.807) is 49.6 Å². The molecule has 2 aliphatic heterocycles. The highest BCUT2D eigenvalue weighted by molar-refractivity contribution is 7.90. The highest BCUT2D eigenvalue weighted by atomic mass is 32.2. The van der Waals surface area contributed by atoms with Crippen LogP contribution in [0.25, 0.3) is 0 Å². The molecular formula is C22H25N3O5S. The topological polar surface area (TPSA) is 88.5 Å². The molecule has 0 aromatic heterocycles. The molecule has 4 rings (SSSR count). The predicted molar refractivity (Wildman–Crippen MR) is 116 cm³/mol. The zero-order chi connectivity index (χ0) is 21.8. The highest BCUT2D eigenvalue weighted by Crippen LogP contribution is 2.27. The Hall–Kier alpha value is -2.75. The van der Waals surface area contributed by atoms with Crippen LogP contribution in [0.2, 0.25) is 0 Å². The number of piperazine rings is 1. The summed E-state index contributed by atoms with van der Waals surface area (Å²) in [6.45, 7) is 3.51. The number of sulfonamides is 1. The van der Waals surface area contributed by atoms with E-state index in [4.69, 9.17) is 9.47 Å².